The third kappa shape index (κ3) is 5.05. The summed E-state index contributed by atoms with van der Waals surface area (Å²) in [7, 11) is 0. The van der Waals surface area contributed by atoms with E-state index in [-0.39, 0.29) is 40.1 Å². The van der Waals surface area contributed by atoms with Crippen molar-refractivity contribution in [1.29, 1.82) is 0 Å². The molecule has 4 rings (SSSR count). The van der Waals surface area contributed by atoms with Crippen molar-refractivity contribution in [2.45, 2.75) is 10.6 Å². The lowest BCUT2D eigenvalue weighted by atomic mass is 10.2. The molecule has 12 nitrogen and oxygen atoms in total. The quantitative estimate of drug-likeness (QED) is 0.172. The zero-order valence-electron chi connectivity index (χ0n) is 16.6. The summed E-state index contributed by atoms with van der Waals surface area (Å²) in [5, 5.41) is 38.8. The summed E-state index contributed by atoms with van der Waals surface area (Å²) in [6.45, 7) is 0. The summed E-state index contributed by atoms with van der Waals surface area (Å²) in [5.41, 5.74) is 8.75. The molecule has 33 heavy (non-hydrogen) atoms. The van der Waals surface area contributed by atoms with Gasteiger partial charge < -0.3 is 15.9 Å². The van der Waals surface area contributed by atoms with Crippen LogP contribution in [0.4, 0.5) is 5.82 Å². The highest BCUT2D eigenvalue weighted by atomic mass is 35.5. The van der Waals surface area contributed by atoms with Crippen LogP contribution in [0.3, 0.4) is 0 Å². The van der Waals surface area contributed by atoms with Crippen LogP contribution in [0.1, 0.15) is 21.7 Å². The van der Waals surface area contributed by atoms with Gasteiger partial charge in [-0.25, -0.2) is 10.1 Å². The molecule has 1 amide bonds. The fourth-order valence-corrected chi connectivity index (χ4v) is 3.67. The van der Waals surface area contributed by atoms with Crippen LogP contribution in [0.15, 0.2) is 57.1 Å². The Morgan fingerprint density at radius 3 is 2.73 bits per heavy atom. The van der Waals surface area contributed by atoms with Gasteiger partial charge in [0.05, 0.1) is 11.9 Å². The molecule has 0 bridgehead atoms. The van der Waals surface area contributed by atoms with Gasteiger partial charge in [0.2, 0.25) is 11.6 Å². The summed E-state index contributed by atoms with van der Waals surface area (Å²) in [5.74, 6) is -0.622. The molecule has 14 heteroatoms. The fourth-order valence-electron chi connectivity index (χ4n) is 2.65. The summed E-state index contributed by atoms with van der Waals surface area (Å²) in [6.07, 6.45) is 1.22. The Hall–Kier alpha value is -4.10. The van der Waals surface area contributed by atoms with Gasteiger partial charge in [-0.15, -0.1) is 16.9 Å². The summed E-state index contributed by atoms with van der Waals surface area (Å²) in [4.78, 5) is 13.7. The summed E-state index contributed by atoms with van der Waals surface area (Å²) >= 11 is 7.34. The largest absolute Gasteiger partial charge is 0.508 e. The molecule has 0 radical (unpaired) electrons. The van der Waals surface area contributed by atoms with Crippen LogP contribution in [0.5, 0.6) is 11.5 Å². The maximum absolute atomic E-state index is 12.8. The molecule has 0 unspecified atom stereocenters. The number of nitrogens with zero attached hydrogens (tertiary/aromatic N) is 6. The smallest absolute Gasteiger partial charge is 0.293 e. The molecule has 2 aromatic carbocycles. The molecule has 0 spiro atoms. The lowest BCUT2D eigenvalue weighted by molar-refractivity contribution is 0.0949. The first-order valence-corrected chi connectivity index (χ1v) is 10.6. The first-order valence-electron chi connectivity index (χ1n) is 9.19. The standard InChI is InChI=1S/C19H15ClN8O4S/c20-11-2-5-13(6-3-11)33-9-14-16(23-27-28(14)18-17(21)25-32-26-18)19(31)24-22-8-10-1-4-12(29)7-15(10)30/h1-8,29-30H,9H2,(H2,21,25)(H,24,31). The molecule has 0 saturated carbocycles. The third-order valence-corrected chi connectivity index (χ3v) is 5.52. The number of hydrogen-bond acceptors (Lipinski definition) is 11. The molecule has 0 atom stereocenters. The van der Waals surface area contributed by atoms with E-state index in [9.17, 15) is 15.0 Å². The molecule has 4 aromatic rings. The van der Waals surface area contributed by atoms with E-state index >= 15 is 0 Å². The van der Waals surface area contributed by atoms with E-state index in [1.54, 1.807) is 12.1 Å². The number of amides is 1. The van der Waals surface area contributed by atoms with Gasteiger partial charge in [0.25, 0.3) is 5.91 Å². The van der Waals surface area contributed by atoms with Gasteiger partial charge in [0, 0.05) is 27.3 Å². The fraction of sp³-hybridized carbons (Fsp3) is 0.0526. The highest BCUT2D eigenvalue weighted by molar-refractivity contribution is 7.98. The Morgan fingerprint density at radius 2 is 2.03 bits per heavy atom. The van der Waals surface area contributed by atoms with E-state index in [1.165, 1.54) is 34.8 Å². The number of anilines is 1. The molecule has 2 heterocycles. The Bertz CT molecular complexity index is 1320. The molecular formula is C19H15ClN8O4S. The average molecular weight is 487 g/mol. The number of nitrogens with one attached hydrogen (secondary N) is 1. The second-order valence-corrected chi connectivity index (χ2v) is 7.94. The van der Waals surface area contributed by atoms with Crippen LogP contribution in [0, 0.1) is 0 Å². The van der Waals surface area contributed by atoms with E-state index in [4.69, 9.17) is 17.3 Å². The van der Waals surface area contributed by atoms with Gasteiger partial charge in [-0.2, -0.15) is 9.78 Å². The zero-order valence-corrected chi connectivity index (χ0v) is 18.2. The summed E-state index contributed by atoms with van der Waals surface area (Å²) < 4.78 is 5.90. The molecule has 0 fully saturated rings. The predicted octanol–water partition coefficient (Wildman–Crippen LogP) is 2.35. The zero-order chi connectivity index (χ0) is 23.4. The van der Waals surface area contributed by atoms with Crippen molar-refractivity contribution in [2.75, 3.05) is 5.73 Å². The number of carbonyl (C=O) groups excluding carboxylic acids is 1. The van der Waals surface area contributed by atoms with E-state index in [2.05, 4.69) is 35.8 Å². The SMILES string of the molecule is Nc1nonc1-n1nnc(C(=O)NN=Cc2ccc(O)cc2O)c1CSc1ccc(Cl)cc1. The van der Waals surface area contributed by atoms with Gasteiger partial charge in [-0.05, 0) is 46.7 Å². The van der Waals surface area contributed by atoms with Gasteiger partial charge in [-0.1, -0.05) is 16.8 Å². The average Bonchev–Trinajstić information content (AvgIpc) is 3.40. The first-order chi connectivity index (χ1) is 15.9. The van der Waals surface area contributed by atoms with E-state index in [0.29, 0.717) is 10.7 Å². The number of aromatic hydroxyl groups is 2. The minimum Gasteiger partial charge on any atom is -0.508 e. The Morgan fingerprint density at radius 1 is 1.24 bits per heavy atom. The molecule has 0 aliphatic heterocycles. The van der Waals surface area contributed by atoms with E-state index in [0.717, 1.165) is 11.0 Å². The van der Waals surface area contributed by atoms with Gasteiger partial charge in [0.1, 0.15) is 11.5 Å². The summed E-state index contributed by atoms with van der Waals surface area (Å²) in [6, 6.07) is 11.1. The lowest BCUT2D eigenvalue weighted by Crippen LogP contribution is -2.20. The van der Waals surface area contributed by atoms with Gasteiger partial charge in [0.15, 0.2) is 5.69 Å². The highest BCUT2D eigenvalue weighted by Crippen LogP contribution is 2.27. The first kappa shape index (κ1) is 22.1. The molecular weight excluding hydrogens is 472 g/mol. The number of carbonyl (C=O) groups is 1. The number of halogens is 1. The van der Waals surface area contributed by atoms with Crippen LogP contribution in [0.25, 0.3) is 5.82 Å². The number of benzene rings is 2. The number of nitrogens with two attached hydrogens (primary N) is 1. The Balaban J connectivity index is 1.57. The third-order valence-electron chi connectivity index (χ3n) is 4.25. The highest BCUT2D eigenvalue weighted by Gasteiger charge is 2.24. The van der Waals surface area contributed by atoms with Crippen molar-refractivity contribution in [3.05, 3.63) is 64.4 Å². The molecule has 5 N–H and O–H groups in total. The number of thioether (sulfide) groups is 1. The molecule has 0 aliphatic carbocycles. The van der Waals surface area contributed by atoms with Crippen LogP contribution in [-0.4, -0.2) is 47.6 Å². The topological polar surface area (TPSA) is 178 Å². The second kappa shape index (κ2) is 9.58. The normalized spacial score (nSPS) is 11.2. The van der Waals surface area contributed by atoms with Crippen LogP contribution in [0.2, 0.25) is 5.02 Å². The van der Waals surface area contributed by atoms with Crippen molar-refractivity contribution in [2.24, 2.45) is 5.10 Å². The number of rotatable bonds is 7. The van der Waals surface area contributed by atoms with Crippen molar-refractivity contribution in [3.63, 3.8) is 0 Å². The lowest BCUT2D eigenvalue weighted by Gasteiger charge is -2.06. The van der Waals surface area contributed by atoms with Crippen LogP contribution < -0.4 is 11.2 Å². The molecule has 168 valence electrons. The monoisotopic (exact) mass is 486 g/mol. The second-order valence-electron chi connectivity index (χ2n) is 6.45. The van der Waals surface area contributed by atoms with Gasteiger partial charge >= 0.3 is 0 Å². The predicted molar refractivity (Wildman–Crippen MR) is 119 cm³/mol. The maximum atomic E-state index is 12.8. The van der Waals surface area contributed by atoms with Crippen molar-refractivity contribution in [1.82, 2.24) is 30.7 Å². The molecule has 2 aromatic heterocycles. The number of nitrogen functional groups attached to an aromatic ring is 1. The Labute approximate surface area is 195 Å². The van der Waals surface area contributed by atoms with Crippen LogP contribution in [-0.2, 0) is 5.75 Å². The number of phenolic OH excluding ortho intramolecular Hbond substituents is 2. The number of phenols is 2. The maximum Gasteiger partial charge on any atom is 0.293 e. The number of hydrogen-bond donors (Lipinski definition) is 4. The minimum atomic E-state index is -0.655. The van der Waals surface area contributed by atoms with E-state index in [1.807, 2.05) is 12.1 Å². The van der Waals surface area contributed by atoms with Crippen LogP contribution >= 0.6 is 23.4 Å². The van der Waals surface area contributed by atoms with E-state index < -0.39 is 5.91 Å². The van der Waals surface area contributed by atoms with Crippen molar-refractivity contribution >= 4 is 41.3 Å². The van der Waals surface area contributed by atoms with Crippen molar-refractivity contribution in [3.8, 4) is 17.3 Å². The Kier molecular flexibility index (Phi) is 6.42. The number of aromatic nitrogens is 5. The molecule has 0 saturated heterocycles. The minimum absolute atomic E-state index is 0.0223. The van der Waals surface area contributed by atoms with Gasteiger partial charge in [-0.3, -0.25) is 4.79 Å². The molecule has 0 aliphatic rings. The van der Waals surface area contributed by atoms with Crippen molar-refractivity contribution < 1.29 is 19.6 Å². The number of hydrazone groups is 1.